The van der Waals surface area contributed by atoms with Gasteiger partial charge >= 0.3 is 0 Å². The summed E-state index contributed by atoms with van der Waals surface area (Å²) < 4.78 is 5.12. The number of halogens is 2. The molecule has 0 heterocycles. The number of nitrogens with zero attached hydrogens (tertiary/aromatic N) is 1. The molecule has 0 aliphatic carbocycles. The van der Waals surface area contributed by atoms with Crippen LogP contribution in [0.1, 0.15) is 35.2 Å². The van der Waals surface area contributed by atoms with Gasteiger partial charge in [0.05, 0.1) is 17.2 Å². The highest BCUT2D eigenvalue weighted by molar-refractivity contribution is 6.42. The van der Waals surface area contributed by atoms with E-state index in [4.69, 9.17) is 27.9 Å². The average Bonchev–Trinajstić information content (AvgIpc) is 2.61. The van der Waals surface area contributed by atoms with E-state index in [0.717, 1.165) is 17.7 Å². The molecule has 1 amide bonds. The van der Waals surface area contributed by atoms with E-state index >= 15 is 0 Å². The minimum Gasteiger partial charge on any atom is -0.497 e. The molecule has 0 saturated carbocycles. The smallest absolute Gasteiger partial charge is 0.253 e. The second kappa shape index (κ2) is 8.41. The molecule has 0 spiro atoms. The number of likely N-dealkylation sites (N-methyl/N-ethyl adjacent to an activating group) is 1. The molecule has 5 heteroatoms. The van der Waals surface area contributed by atoms with Crippen molar-refractivity contribution in [1.82, 2.24) is 4.90 Å². The molecular weight excluding hydrogens is 345 g/mol. The molecule has 0 saturated heterocycles. The molecule has 2 aromatic carbocycles. The van der Waals surface area contributed by atoms with Crippen molar-refractivity contribution in [2.75, 3.05) is 20.7 Å². The number of ether oxygens (including phenoxy) is 1. The summed E-state index contributed by atoms with van der Waals surface area (Å²) >= 11 is 12.1. The number of hydrogen-bond acceptors (Lipinski definition) is 2. The maximum Gasteiger partial charge on any atom is 0.253 e. The fourth-order valence-electron chi connectivity index (χ4n) is 2.60. The normalized spacial score (nSPS) is 11.9. The van der Waals surface area contributed by atoms with Crippen molar-refractivity contribution >= 4 is 29.1 Å². The van der Waals surface area contributed by atoms with Crippen molar-refractivity contribution < 1.29 is 9.53 Å². The van der Waals surface area contributed by atoms with Gasteiger partial charge in [-0.2, -0.15) is 0 Å². The Kier molecular flexibility index (Phi) is 6.52. The maximum absolute atomic E-state index is 12.6. The molecule has 0 fully saturated rings. The van der Waals surface area contributed by atoms with Gasteiger partial charge < -0.3 is 9.64 Å². The van der Waals surface area contributed by atoms with Gasteiger partial charge in [-0.15, -0.1) is 0 Å². The van der Waals surface area contributed by atoms with Gasteiger partial charge in [0.25, 0.3) is 5.91 Å². The third-order valence-electron chi connectivity index (χ3n) is 4.09. The van der Waals surface area contributed by atoms with Gasteiger partial charge in [0, 0.05) is 25.1 Å². The number of methoxy groups -OCH3 is 1. The molecule has 3 nitrogen and oxygen atoms in total. The first kappa shape index (κ1) is 18.6. The molecule has 2 rings (SSSR count). The lowest BCUT2D eigenvalue weighted by Gasteiger charge is -2.24. The Morgan fingerprint density at radius 1 is 1.12 bits per heavy atom. The van der Waals surface area contributed by atoms with Crippen molar-refractivity contribution in [3.05, 3.63) is 63.6 Å². The van der Waals surface area contributed by atoms with Crippen LogP contribution >= 0.6 is 23.2 Å². The fourth-order valence-corrected chi connectivity index (χ4v) is 2.91. The summed E-state index contributed by atoms with van der Waals surface area (Å²) in [7, 11) is 3.42. The first-order valence-corrected chi connectivity index (χ1v) is 8.56. The average molecular weight is 366 g/mol. The lowest BCUT2D eigenvalue weighted by atomic mass is 9.96. The highest BCUT2D eigenvalue weighted by Gasteiger charge is 2.18. The van der Waals surface area contributed by atoms with Crippen molar-refractivity contribution in [3.8, 4) is 5.75 Å². The van der Waals surface area contributed by atoms with Crippen LogP contribution in [-0.2, 0) is 0 Å². The summed E-state index contributed by atoms with van der Waals surface area (Å²) in [5, 5.41) is 1.08. The van der Waals surface area contributed by atoms with E-state index in [2.05, 4.69) is 6.92 Å². The van der Waals surface area contributed by atoms with E-state index < -0.39 is 0 Å². The molecule has 0 N–H and O–H groups in total. The number of hydrogen-bond donors (Lipinski definition) is 0. The van der Waals surface area contributed by atoms with Crippen LogP contribution in [0, 0.1) is 0 Å². The molecule has 24 heavy (non-hydrogen) atoms. The summed E-state index contributed by atoms with van der Waals surface area (Å²) in [4.78, 5) is 14.3. The van der Waals surface area contributed by atoms with E-state index in [9.17, 15) is 4.79 Å². The predicted molar refractivity (Wildman–Crippen MR) is 99.4 cm³/mol. The second-order valence-electron chi connectivity index (χ2n) is 5.69. The Morgan fingerprint density at radius 2 is 1.79 bits per heavy atom. The Hall–Kier alpha value is -1.71. The zero-order chi connectivity index (χ0) is 17.7. The summed E-state index contributed by atoms with van der Waals surface area (Å²) in [6.07, 6.45) is 0.901. The summed E-state index contributed by atoms with van der Waals surface area (Å²) in [6.45, 7) is 2.71. The highest BCUT2D eigenvalue weighted by Crippen LogP contribution is 2.28. The van der Waals surface area contributed by atoms with Crippen LogP contribution in [0.15, 0.2) is 42.5 Å². The Balaban J connectivity index is 2.11. The molecule has 1 unspecified atom stereocenters. The standard InChI is InChI=1S/C19H21Cl2NO2/c1-4-13(15-7-10-17(20)18(21)11-15)12-22(2)19(23)14-5-8-16(24-3)9-6-14/h5-11,13H,4,12H2,1-3H3. The van der Waals surface area contributed by atoms with Crippen LogP contribution < -0.4 is 4.74 Å². The van der Waals surface area contributed by atoms with Crippen LogP contribution in [0.25, 0.3) is 0 Å². The second-order valence-corrected chi connectivity index (χ2v) is 6.51. The molecule has 0 radical (unpaired) electrons. The van der Waals surface area contributed by atoms with Gasteiger partial charge in [-0.1, -0.05) is 36.2 Å². The minimum absolute atomic E-state index is 0.0174. The SMILES string of the molecule is CCC(CN(C)C(=O)c1ccc(OC)cc1)c1ccc(Cl)c(Cl)c1. The first-order valence-electron chi connectivity index (χ1n) is 7.80. The lowest BCUT2D eigenvalue weighted by Crippen LogP contribution is -2.31. The molecule has 1 atom stereocenters. The van der Waals surface area contributed by atoms with Gasteiger partial charge in [-0.05, 0) is 48.4 Å². The number of amides is 1. The van der Waals surface area contributed by atoms with Gasteiger partial charge in [-0.3, -0.25) is 4.79 Å². The topological polar surface area (TPSA) is 29.5 Å². The third kappa shape index (κ3) is 4.43. The number of benzene rings is 2. The molecule has 0 aliphatic heterocycles. The van der Waals surface area contributed by atoms with Crippen molar-refractivity contribution in [3.63, 3.8) is 0 Å². The Labute approximate surface area is 153 Å². The fraction of sp³-hybridized carbons (Fsp3) is 0.316. The number of carbonyl (C=O) groups excluding carboxylic acids is 1. The summed E-state index contributed by atoms with van der Waals surface area (Å²) in [5.41, 5.74) is 1.73. The third-order valence-corrected chi connectivity index (χ3v) is 4.82. The van der Waals surface area contributed by atoms with Gasteiger partial charge in [0.15, 0.2) is 0 Å². The monoisotopic (exact) mass is 365 g/mol. The van der Waals surface area contributed by atoms with Crippen LogP contribution in [-0.4, -0.2) is 31.5 Å². The predicted octanol–water partition coefficient (Wildman–Crippen LogP) is 5.27. The van der Waals surface area contributed by atoms with E-state index in [1.54, 1.807) is 42.3 Å². The first-order chi connectivity index (χ1) is 11.5. The number of carbonyl (C=O) groups is 1. The van der Waals surface area contributed by atoms with Crippen molar-refractivity contribution in [2.24, 2.45) is 0 Å². The minimum atomic E-state index is -0.0174. The molecule has 128 valence electrons. The zero-order valence-electron chi connectivity index (χ0n) is 14.1. The van der Waals surface area contributed by atoms with E-state index in [1.807, 2.05) is 19.2 Å². The van der Waals surface area contributed by atoms with Gasteiger partial charge in [0.2, 0.25) is 0 Å². The zero-order valence-corrected chi connectivity index (χ0v) is 15.6. The molecular formula is C19H21Cl2NO2. The highest BCUT2D eigenvalue weighted by atomic mass is 35.5. The quantitative estimate of drug-likeness (QED) is 0.697. The van der Waals surface area contributed by atoms with Crippen molar-refractivity contribution in [2.45, 2.75) is 19.3 Å². The Bertz CT molecular complexity index is 701. The lowest BCUT2D eigenvalue weighted by molar-refractivity contribution is 0.0785. The van der Waals surface area contributed by atoms with Crippen LogP contribution in [0.2, 0.25) is 10.0 Å². The van der Waals surface area contributed by atoms with Crippen LogP contribution in [0.3, 0.4) is 0 Å². The molecule has 0 aliphatic rings. The van der Waals surface area contributed by atoms with E-state index in [-0.39, 0.29) is 11.8 Å². The van der Waals surface area contributed by atoms with E-state index in [0.29, 0.717) is 22.2 Å². The van der Waals surface area contributed by atoms with Gasteiger partial charge in [0.1, 0.15) is 5.75 Å². The summed E-state index contributed by atoms with van der Waals surface area (Å²) in [5.74, 6) is 0.916. The Morgan fingerprint density at radius 3 is 2.33 bits per heavy atom. The van der Waals surface area contributed by atoms with Gasteiger partial charge in [-0.25, -0.2) is 0 Å². The van der Waals surface area contributed by atoms with Crippen LogP contribution in [0.5, 0.6) is 5.75 Å². The van der Waals surface area contributed by atoms with Crippen LogP contribution in [0.4, 0.5) is 0 Å². The molecule has 2 aromatic rings. The van der Waals surface area contributed by atoms with Crippen molar-refractivity contribution in [1.29, 1.82) is 0 Å². The summed E-state index contributed by atoms with van der Waals surface area (Å²) in [6, 6.07) is 12.8. The largest absolute Gasteiger partial charge is 0.497 e. The number of rotatable bonds is 6. The molecule has 0 bridgehead atoms. The molecule has 0 aromatic heterocycles. The maximum atomic E-state index is 12.6. The van der Waals surface area contributed by atoms with E-state index in [1.165, 1.54) is 0 Å².